The summed E-state index contributed by atoms with van der Waals surface area (Å²) < 4.78 is 7.58. The third-order valence-corrected chi connectivity index (χ3v) is 4.61. The van der Waals surface area contributed by atoms with E-state index < -0.39 is 6.04 Å². The van der Waals surface area contributed by atoms with Crippen molar-refractivity contribution in [3.63, 3.8) is 0 Å². The molecule has 2 rings (SSSR count). The molecule has 7 heteroatoms. The van der Waals surface area contributed by atoms with Gasteiger partial charge in [0, 0.05) is 31.5 Å². The first kappa shape index (κ1) is 18.4. The SMILES string of the molecule is CCNC(=O)[C@@H](NC(=O)[C@H]1CCO[C@@H]1c1cnn(C)c1C)C(C)C. The van der Waals surface area contributed by atoms with Gasteiger partial charge in [-0.15, -0.1) is 0 Å². The highest BCUT2D eigenvalue weighted by Crippen LogP contribution is 2.36. The molecule has 0 aliphatic carbocycles. The highest BCUT2D eigenvalue weighted by molar-refractivity contribution is 5.89. The van der Waals surface area contributed by atoms with Crippen molar-refractivity contribution in [2.75, 3.05) is 13.2 Å². The Balaban J connectivity index is 2.12. The van der Waals surface area contributed by atoms with Gasteiger partial charge in [-0.1, -0.05) is 13.8 Å². The number of nitrogens with zero attached hydrogens (tertiary/aromatic N) is 2. The molecular formula is C17H28N4O3. The second-order valence-electron chi connectivity index (χ2n) is 6.62. The van der Waals surface area contributed by atoms with Gasteiger partial charge >= 0.3 is 0 Å². The summed E-state index contributed by atoms with van der Waals surface area (Å²) in [6, 6.07) is -0.534. The molecule has 0 bridgehead atoms. The fourth-order valence-electron chi connectivity index (χ4n) is 3.04. The Labute approximate surface area is 143 Å². The van der Waals surface area contributed by atoms with E-state index in [2.05, 4.69) is 15.7 Å². The van der Waals surface area contributed by atoms with Crippen molar-refractivity contribution in [3.05, 3.63) is 17.5 Å². The summed E-state index contributed by atoms with van der Waals surface area (Å²) in [6.45, 7) is 8.75. The lowest BCUT2D eigenvalue weighted by Crippen LogP contribution is -2.51. The quantitative estimate of drug-likeness (QED) is 0.814. The zero-order valence-corrected chi connectivity index (χ0v) is 15.1. The molecule has 0 spiro atoms. The van der Waals surface area contributed by atoms with E-state index in [1.54, 1.807) is 10.9 Å². The predicted molar refractivity (Wildman–Crippen MR) is 90.2 cm³/mol. The minimum Gasteiger partial charge on any atom is -0.373 e. The Morgan fingerprint density at radius 1 is 1.46 bits per heavy atom. The monoisotopic (exact) mass is 336 g/mol. The number of hydrogen-bond donors (Lipinski definition) is 2. The normalized spacial score (nSPS) is 21.8. The molecule has 134 valence electrons. The Bertz CT molecular complexity index is 597. The average molecular weight is 336 g/mol. The molecule has 1 saturated heterocycles. The molecule has 1 aliphatic heterocycles. The van der Waals surface area contributed by atoms with E-state index in [1.165, 1.54) is 0 Å². The fourth-order valence-corrected chi connectivity index (χ4v) is 3.04. The average Bonchev–Trinajstić information content (AvgIpc) is 3.12. The predicted octanol–water partition coefficient (Wildman–Crippen LogP) is 1.08. The smallest absolute Gasteiger partial charge is 0.242 e. The van der Waals surface area contributed by atoms with Crippen molar-refractivity contribution in [2.45, 2.75) is 46.3 Å². The maximum Gasteiger partial charge on any atom is 0.242 e. The van der Waals surface area contributed by atoms with Crippen LogP contribution in [0.25, 0.3) is 0 Å². The van der Waals surface area contributed by atoms with Crippen LogP contribution in [-0.2, 0) is 21.4 Å². The van der Waals surface area contributed by atoms with E-state index in [1.807, 2.05) is 34.7 Å². The molecule has 2 N–H and O–H groups in total. The van der Waals surface area contributed by atoms with Crippen LogP contribution in [-0.4, -0.2) is 40.8 Å². The topological polar surface area (TPSA) is 85.2 Å². The number of amides is 2. The van der Waals surface area contributed by atoms with Gasteiger partial charge in [-0.25, -0.2) is 0 Å². The number of ether oxygens (including phenoxy) is 1. The van der Waals surface area contributed by atoms with Crippen LogP contribution in [0.3, 0.4) is 0 Å². The van der Waals surface area contributed by atoms with Crippen molar-refractivity contribution in [1.82, 2.24) is 20.4 Å². The number of likely N-dealkylation sites (N-methyl/N-ethyl adjacent to an activating group) is 1. The van der Waals surface area contributed by atoms with Crippen LogP contribution in [0.4, 0.5) is 0 Å². The molecule has 0 saturated carbocycles. The molecule has 0 aromatic carbocycles. The first-order valence-corrected chi connectivity index (χ1v) is 8.55. The summed E-state index contributed by atoms with van der Waals surface area (Å²) in [5, 5.41) is 9.93. The Morgan fingerprint density at radius 3 is 2.71 bits per heavy atom. The van der Waals surface area contributed by atoms with Gasteiger partial charge in [-0.3, -0.25) is 14.3 Å². The van der Waals surface area contributed by atoms with E-state index in [4.69, 9.17) is 4.74 Å². The summed E-state index contributed by atoms with van der Waals surface area (Å²) in [7, 11) is 1.87. The van der Waals surface area contributed by atoms with Gasteiger partial charge in [0.15, 0.2) is 0 Å². The first-order valence-electron chi connectivity index (χ1n) is 8.55. The molecule has 1 fully saturated rings. The minimum atomic E-state index is -0.534. The van der Waals surface area contributed by atoms with E-state index in [0.717, 1.165) is 11.3 Å². The van der Waals surface area contributed by atoms with Gasteiger partial charge in [-0.05, 0) is 26.2 Å². The second-order valence-corrected chi connectivity index (χ2v) is 6.62. The van der Waals surface area contributed by atoms with Gasteiger partial charge in [0.2, 0.25) is 11.8 Å². The standard InChI is InChI=1S/C17H28N4O3/c1-6-18-17(23)14(10(2)3)20-16(22)12-7-8-24-15(12)13-9-19-21(5)11(13)4/h9-10,12,14-15H,6-8H2,1-5H3,(H,18,23)(H,20,22)/t12-,14-,15-/m0/s1. The second kappa shape index (κ2) is 7.79. The number of rotatable bonds is 6. The molecule has 1 aromatic rings. The number of hydrogen-bond acceptors (Lipinski definition) is 4. The van der Waals surface area contributed by atoms with Crippen LogP contribution in [0.5, 0.6) is 0 Å². The maximum absolute atomic E-state index is 12.8. The lowest BCUT2D eigenvalue weighted by Gasteiger charge is -2.25. The molecule has 7 nitrogen and oxygen atoms in total. The largest absolute Gasteiger partial charge is 0.373 e. The molecule has 24 heavy (non-hydrogen) atoms. The van der Waals surface area contributed by atoms with Crippen LogP contribution < -0.4 is 10.6 Å². The van der Waals surface area contributed by atoms with Gasteiger partial charge in [0.05, 0.1) is 18.2 Å². The van der Waals surface area contributed by atoms with Crippen molar-refractivity contribution < 1.29 is 14.3 Å². The number of nitrogens with one attached hydrogen (secondary N) is 2. The molecule has 1 aliphatic rings. The van der Waals surface area contributed by atoms with Gasteiger partial charge in [-0.2, -0.15) is 5.10 Å². The zero-order valence-electron chi connectivity index (χ0n) is 15.1. The molecule has 2 amide bonds. The summed E-state index contributed by atoms with van der Waals surface area (Å²) in [6.07, 6.45) is 2.10. The fraction of sp³-hybridized carbons (Fsp3) is 0.706. The molecule has 3 atom stereocenters. The van der Waals surface area contributed by atoms with Crippen molar-refractivity contribution in [2.24, 2.45) is 18.9 Å². The van der Waals surface area contributed by atoms with E-state index in [9.17, 15) is 9.59 Å². The van der Waals surface area contributed by atoms with Gasteiger partial charge in [0.1, 0.15) is 6.04 Å². The highest BCUT2D eigenvalue weighted by atomic mass is 16.5. The third-order valence-electron chi connectivity index (χ3n) is 4.61. The molecule has 0 radical (unpaired) electrons. The van der Waals surface area contributed by atoms with Crippen LogP contribution in [0.1, 0.15) is 44.6 Å². The summed E-state index contributed by atoms with van der Waals surface area (Å²) in [4.78, 5) is 24.9. The van der Waals surface area contributed by atoms with Gasteiger partial charge < -0.3 is 15.4 Å². The molecule has 1 aromatic heterocycles. The van der Waals surface area contributed by atoms with E-state index >= 15 is 0 Å². The number of aromatic nitrogens is 2. The zero-order chi connectivity index (χ0) is 17.9. The minimum absolute atomic E-state index is 0.0152. The number of carbonyl (C=O) groups excluding carboxylic acids is 2. The van der Waals surface area contributed by atoms with Crippen LogP contribution >= 0.6 is 0 Å². The molecular weight excluding hydrogens is 308 g/mol. The van der Waals surface area contributed by atoms with Crippen molar-refractivity contribution >= 4 is 11.8 Å². The Morgan fingerprint density at radius 2 is 2.17 bits per heavy atom. The van der Waals surface area contributed by atoms with Gasteiger partial charge in [0.25, 0.3) is 0 Å². The highest BCUT2D eigenvalue weighted by Gasteiger charge is 2.38. The Hall–Kier alpha value is -1.89. The van der Waals surface area contributed by atoms with Crippen LogP contribution in [0.2, 0.25) is 0 Å². The maximum atomic E-state index is 12.8. The van der Waals surface area contributed by atoms with Crippen LogP contribution in [0, 0.1) is 18.8 Å². The van der Waals surface area contributed by atoms with E-state index in [0.29, 0.717) is 19.6 Å². The Kier molecular flexibility index (Phi) is 5.99. The van der Waals surface area contributed by atoms with Crippen LogP contribution in [0.15, 0.2) is 6.20 Å². The molecule has 0 unspecified atom stereocenters. The summed E-state index contributed by atoms with van der Waals surface area (Å²) in [5.74, 6) is -0.565. The number of carbonyl (C=O) groups is 2. The van der Waals surface area contributed by atoms with Crippen molar-refractivity contribution in [1.29, 1.82) is 0 Å². The van der Waals surface area contributed by atoms with Crippen molar-refractivity contribution in [3.8, 4) is 0 Å². The summed E-state index contributed by atoms with van der Waals surface area (Å²) >= 11 is 0. The number of aryl methyl sites for hydroxylation is 1. The van der Waals surface area contributed by atoms with E-state index in [-0.39, 0.29) is 29.8 Å². The lowest BCUT2D eigenvalue weighted by atomic mass is 9.93. The summed E-state index contributed by atoms with van der Waals surface area (Å²) in [5.41, 5.74) is 1.93. The lowest BCUT2D eigenvalue weighted by molar-refractivity contribution is -0.133. The molecule has 2 heterocycles. The third kappa shape index (κ3) is 3.77. The first-order chi connectivity index (χ1) is 11.4.